The third-order valence-electron chi connectivity index (χ3n) is 7.57. The number of fused-ring (bicyclic) bond motifs is 1. The number of hydrogen-bond acceptors (Lipinski definition) is 3. The average molecular weight is 436 g/mol. The van der Waals surface area contributed by atoms with Crippen molar-refractivity contribution in [1.82, 2.24) is 4.98 Å². The summed E-state index contributed by atoms with van der Waals surface area (Å²) >= 11 is 0. The summed E-state index contributed by atoms with van der Waals surface area (Å²) in [4.78, 5) is 16.1. The second-order valence-corrected chi connectivity index (χ2v) is 9.50. The fourth-order valence-corrected chi connectivity index (χ4v) is 6.09. The minimum absolute atomic E-state index is 0.180. The third kappa shape index (κ3) is 5.28. The Balaban J connectivity index is 1.53. The van der Waals surface area contributed by atoms with Crippen molar-refractivity contribution in [3.05, 3.63) is 60.2 Å². The Labute approximate surface area is 191 Å². The largest absolute Gasteiger partial charge is 0.466 e. The Morgan fingerprint density at radius 1 is 1.19 bits per heavy atom. The van der Waals surface area contributed by atoms with Crippen LogP contribution >= 0.6 is 0 Å². The highest BCUT2D eigenvalue weighted by Crippen LogP contribution is 2.50. The fourth-order valence-electron chi connectivity index (χ4n) is 6.09. The first kappa shape index (κ1) is 22.7. The molecule has 0 N–H and O–H groups in total. The van der Waals surface area contributed by atoms with Crippen molar-refractivity contribution in [1.29, 1.82) is 0 Å². The molecule has 2 fully saturated rings. The van der Waals surface area contributed by atoms with Gasteiger partial charge in [-0.05, 0) is 72.3 Å². The van der Waals surface area contributed by atoms with Gasteiger partial charge in [0.15, 0.2) is 0 Å². The lowest BCUT2D eigenvalue weighted by atomic mass is 9.57. The van der Waals surface area contributed by atoms with Gasteiger partial charge in [-0.25, -0.2) is 4.39 Å². The molecular formula is C28H34FNO2. The van der Waals surface area contributed by atoms with E-state index in [0.29, 0.717) is 30.3 Å². The highest BCUT2D eigenvalue weighted by Gasteiger charge is 2.43. The molecule has 1 heterocycles. The molecule has 0 aliphatic heterocycles. The van der Waals surface area contributed by atoms with Crippen molar-refractivity contribution in [2.75, 3.05) is 6.61 Å². The van der Waals surface area contributed by atoms with Gasteiger partial charge in [0.2, 0.25) is 0 Å². The average Bonchev–Trinajstić information content (AvgIpc) is 2.81. The molecule has 2 aliphatic rings. The van der Waals surface area contributed by atoms with E-state index >= 15 is 0 Å². The van der Waals surface area contributed by atoms with Gasteiger partial charge in [-0.1, -0.05) is 56.9 Å². The summed E-state index contributed by atoms with van der Waals surface area (Å²) in [5.41, 5.74) is 2.68. The van der Waals surface area contributed by atoms with Crippen LogP contribution in [0.5, 0.6) is 0 Å². The SMILES string of the molecule is CC[C@@H]1[C@H](COC(C)=O)C[C@@H]2CCCC[C@H]2[C@@H]1/C=C/c1ccc(-c2cccc(F)c2)cn1. The summed E-state index contributed by atoms with van der Waals surface area (Å²) in [6, 6.07) is 10.6. The molecule has 0 radical (unpaired) electrons. The zero-order valence-corrected chi connectivity index (χ0v) is 19.2. The standard InChI is InChI=1S/C28H34FNO2/c1-3-26-23(18-32-19(2)31)15-21-7-4-5-10-27(21)28(26)14-13-25-12-11-22(17-30-25)20-8-6-9-24(29)16-20/h6,8-9,11-14,16-17,21,23,26-28H,3-5,7,10,15,18H2,1-2H3/b14-13+/t21-,23-,26+,27+,28+/m0/s1. The number of rotatable bonds is 6. The highest BCUT2D eigenvalue weighted by atomic mass is 19.1. The lowest BCUT2D eigenvalue weighted by Gasteiger charge is -2.48. The zero-order chi connectivity index (χ0) is 22.5. The maximum atomic E-state index is 13.5. The molecule has 0 bridgehead atoms. The number of nitrogens with zero attached hydrogens (tertiary/aromatic N) is 1. The fraction of sp³-hybridized carbons (Fsp3) is 0.500. The van der Waals surface area contributed by atoms with E-state index in [1.165, 1.54) is 51.2 Å². The van der Waals surface area contributed by atoms with Crippen molar-refractivity contribution in [2.45, 2.75) is 52.4 Å². The molecule has 2 aromatic rings. The first-order chi connectivity index (χ1) is 15.5. The van der Waals surface area contributed by atoms with Crippen molar-refractivity contribution >= 4 is 12.0 Å². The van der Waals surface area contributed by atoms with E-state index in [1.54, 1.807) is 6.07 Å². The molecule has 0 saturated heterocycles. The van der Waals surface area contributed by atoms with Gasteiger partial charge in [-0.3, -0.25) is 9.78 Å². The van der Waals surface area contributed by atoms with Gasteiger partial charge in [0.05, 0.1) is 12.3 Å². The smallest absolute Gasteiger partial charge is 0.302 e. The number of allylic oxidation sites excluding steroid dienone is 1. The van der Waals surface area contributed by atoms with Gasteiger partial charge in [-0.2, -0.15) is 0 Å². The Kier molecular flexibility index (Phi) is 7.39. The molecule has 1 aromatic carbocycles. The summed E-state index contributed by atoms with van der Waals surface area (Å²) in [7, 11) is 0. The molecule has 0 spiro atoms. The van der Waals surface area contributed by atoms with E-state index in [9.17, 15) is 9.18 Å². The van der Waals surface area contributed by atoms with Gasteiger partial charge in [0.25, 0.3) is 0 Å². The van der Waals surface area contributed by atoms with Gasteiger partial charge in [0.1, 0.15) is 5.82 Å². The van der Waals surface area contributed by atoms with Crippen molar-refractivity contribution in [3.8, 4) is 11.1 Å². The zero-order valence-electron chi connectivity index (χ0n) is 19.2. The molecule has 0 amide bonds. The number of pyridine rings is 1. The molecule has 2 saturated carbocycles. The van der Waals surface area contributed by atoms with E-state index in [1.807, 2.05) is 24.4 Å². The van der Waals surface area contributed by atoms with Crippen LogP contribution in [0.1, 0.15) is 58.1 Å². The van der Waals surface area contributed by atoms with Gasteiger partial charge in [-0.15, -0.1) is 0 Å². The summed E-state index contributed by atoms with van der Waals surface area (Å²) in [5, 5.41) is 0. The summed E-state index contributed by atoms with van der Waals surface area (Å²) in [6.07, 6.45) is 13.8. The minimum Gasteiger partial charge on any atom is -0.466 e. The summed E-state index contributed by atoms with van der Waals surface area (Å²) in [6.45, 7) is 4.31. The summed E-state index contributed by atoms with van der Waals surface area (Å²) in [5.74, 6) is 2.47. The minimum atomic E-state index is -0.236. The van der Waals surface area contributed by atoms with Crippen LogP contribution in [0.15, 0.2) is 48.7 Å². The predicted molar refractivity (Wildman–Crippen MR) is 126 cm³/mol. The number of benzene rings is 1. The van der Waals surface area contributed by atoms with Gasteiger partial charge in [0, 0.05) is 18.7 Å². The van der Waals surface area contributed by atoms with E-state index in [2.05, 4.69) is 24.1 Å². The molecule has 32 heavy (non-hydrogen) atoms. The Hall–Kier alpha value is -2.49. The van der Waals surface area contributed by atoms with Gasteiger partial charge < -0.3 is 4.74 Å². The van der Waals surface area contributed by atoms with Crippen molar-refractivity contribution in [3.63, 3.8) is 0 Å². The lowest BCUT2D eigenvalue weighted by molar-refractivity contribution is -0.144. The van der Waals surface area contributed by atoms with Gasteiger partial charge >= 0.3 is 5.97 Å². The van der Waals surface area contributed by atoms with Crippen LogP contribution < -0.4 is 0 Å². The quantitative estimate of drug-likeness (QED) is 0.462. The number of carbonyl (C=O) groups excluding carboxylic acids is 1. The van der Waals surface area contributed by atoms with Crippen molar-refractivity contribution in [2.24, 2.45) is 29.6 Å². The van der Waals surface area contributed by atoms with Crippen molar-refractivity contribution < 1.29 is 13.9 Å². The molecule has 4 heteroatoms. The number of carbonyl (C=O) groups is 1. The molecule has 3 nitrogen and oxygen atoms in total. The Morgan fingerprint density at radius 3 is 2.75 bits per heavy atom. The van der Waals surface area contributed by atoms with E-state index in [-0.39, 0.29) is 11.8 Å². The van der Waals surface area contributed by atoms with Crippen LogP contribution in [0.2, 0.25) is 0 Å². The van der Waals surface area contributed by atoms with Crippen LogP contribution in [0, 0.1) is 35.4 Å². The lowest BCUT2D eigenvalue weighted by Crippen LogP contribution is -2.42. The first-order valence-electron chi connectivity index (χ1n) is 12.1. The van der Waals surface area contributed by atoms with Crippen LogP contribution in [-0.4, -0.2) is 17.6 Å². The molecule has 0 unspecified atom stereocenters. The van der Waals surface area contributed by atoms with Crippen LogP contribution in [-0.2, 0) is 9.53 Å². The number of hydrogen-bond donors (Lipinski definition) is 0. The maximum absolute atomic E-state index is 13.5. The molecule has 4 rings (SSSR count). The molecular weight excluding hydrogens is 401 g/mol. The number of halogens is 1. The molecule has 170 valence electrons. The first-order valence-corrected chi connectivity index (χ1v) is 12.1. The van der Waals surface area contributed by atoms with E-state index < -0.39 is 0 Å². The topological polar surface area (TPSA) is 39.2 Å². The highest BCUT2D eigenvalue weighted by molar-refractivity contribution is 5.66. The number of aromatic nitrogens is 1. The number of esters is 1. The van der Waals surface area contributed by atoms with E-state index in [4.69, 9.17) is 4.74 Å². The monoisotopic (exact) mass is 435 g/mol. The molecule has 1 aromatic heterocycles. The number of ether oxygens (including phenoxy) is 1. The second-order valence-electron chi connectivity index (χ2n) is 9.50. The molecule has 2 aliphatic carbocycles. The molecule has 5 atom stereocenters. The van der Waals surface area contributed by atoms with Crippen LogP contribution in [0.3, 0.4) is 0 Å². The summed E-state index contributed by atoms with van der Waals surface area (Å²) < 4.78 is 19.0. The second kappa shape index (κ2) is 10.4. The third-order valence-corrected chi connectivity index (χ3v) is 7.57. The normalized spacial score (nSPS) is 27.8. The van der Waals surface area contributed by atoms with Crippen LogP contribution in [0.25, 0.3) is 17.2 Å². The predicted octanol–water partition coefficient (Wildman–Crippen LogP) is 6.93. The Morgan fingerprint density at radius 2 is 2.03 bits per heavy atom. The Bertz CT molecular complexity index is 939. The van der Waals surface area contributed by atoms with Crippen LogP contribution in [0.4, 0.5) is 4.39 Å². The maximum Gasteiger partial charge on any atom is 0.302 e. The van der Waals surface area contributed by atoms with E-state index in [0.717, 1.165) is 29.2 Å².